The molecule has 1 saturated carbocycles. The Balaban J connectivity index is 2.12. The van der Waals surface area contributed by atoms with Crippen LogP contribution >= 0.6 is 0 Å². The Kier molecular flexibility index (Phi) is 4.51. The smallest absolute Gasteiger partial charge is 0.161 e. The number of rotatable bonds is 7. The van der Waals surface area contributed by atoms with Gasteiger partial charge in [-0.1, -0.05) is 13.0 Å². The topological polar surface area (TPSA) is 54.3 Å². The Hall–Kier alpha value is -1.73. The first-order valence-corrected chi connectivity index (χ1v) is 7.09. The molecule has 20 heavy (non-hydrogen) atoms. The van der Waals surface area contributed by atoms with E-state index in [-0.39, 0.29) is 0 Å². The summed E-state index contributed by atoms with van der Waals surface area (Å²) in [7, 11) is 1.63. The number of hydrogen-bond donors (Lipinski definition) is 1. The maximum atomic E-state index is 9.54. The number of hydrogen-bond acceptors (Lipinski definition) is 4. The van der Waals surface area contributed by atoms with Gasteiger partial charge < -0.3 is 9.47 Å². The van der Waals surface area contributed by atoms with E-state index in [0.717, 1.165) is 24.9 Å². The van der Waals surface area contributed by atoms with Crippen LogP contribution in [0, 0.1) is 24.2 Å². The first kappa shape index (κ1) is 14.7. The zero-order valence-corrected chi connectivity index (χ0v) is 12.4. The van der Waals surface area contributed by atoms with Gasteiger partial charge in [-0.15, -0.1) is 0 Å². The van der Waals surface area contributed by atoms with E-state index in [1.54, 1.807) is 7.11 Å². The lowest BCUT2D eigenvalue weighted by molar-refractivity contribution is 0.198. The van der Waals surface area contributed by atoms with Crippen LogP contribution in [0.3, 0.4) is 0 Å². The number of nitriles is 1. The Bertz CT molecular complexity index is 506. The van der Waals surface area contributed by atoms with Gasteiger partial charge in [0, 0.05) is 0 Å². The molecule has 4 nitrogen and oxygen atoms in total. The lowest BCUT2D eigenvalue weighted by Crippen LogP contribution is -2.50. The van der Waals surface area contributed by atoms with Gasteiger partial charge in [0.25, 0.3) is 0 Å². The Morgan fingerprint density at radius 1 is 1.40 bits per heavy atom. The molecule has 0 saturated heterocycles. The van der Waals surface area contributed by atoms with Crippen molar-refractivity contribution >= 4 is 0 Å². The number of ether oxygens (including phenoxy) is 2. The SMILES string of the molecule is CCNC(C#N)(COc1ccc(C)cc1OC)C1CC1. The minimum absolute atomic E-state index is 0.349. The zero-order valence-electron chi connectivity index (χ0n) is 12.4. The van der Waals surface area contributed by atoms with Crippen LogP contribution in [0.4, 0.5) is 0 Å². The molecule has 1 aliphatic rings. The molecule has 0 spiro atoms. The maximum Gasteiger partial charge on any atom is 0.161 e. The average Bonchev–Trinajstić information content (AvgIpc) is 3.29. The summed E-state index contributed by atoms with van der Waals surface area (Å²) in [5, 5.41) is 12.8. The lowest BCUT2D eigenvalue weighted by Gasteiger charge is -2.27. The number of nitrogens with one attached hydrogen (secondary N) is 1. The van der Waals surface area contributed by atoms with Gasteiger partial charge in [0.15, 0.2) is 11.5 Å². The monoisotopic (exact) mass is 274 g/mol. The molecule has 1 N–H and O–H groups in total. The summed E-state index contributed by atoms with van der Waals surface area (Å²) in [5.41, 5.74) is 0.541. The van der Waals surface area contributed by atoms with Crippen LogP contribution in [0.2, 0.25) is 0 Å². The molecular formula is C16H22N2O2. The minimum atomic E-state index is -0.579. The van der Waals surface area contributed by atoms with Crippen LogP contribution in [-0.2, 0) is 0 Å². The molecule has 2 rings (SSSR count). The number of methoxy groups -OCH3 is 1. The first-order chi connectivity index (χ1) is 9.65. The second kappa shape index (κ2) is 6.15. The highest BCUT2D eigenvalue weighted by Gasteiger charge is 2.46. The van der Waals surface area contributed by atoms with E-state index in [1.165, 1.54) is 0 Å². The molecule has 0 aromatic heterocycles. The quantitative estimate of drug-likeness (QED) is 0.830. The fourth-order valence-corrected chi connectivity index (χ4v) is 2.45. The third-order valence-electron chi connectivity index (χ3n) is 3.74. The Morgan fingerprint density at radius 2 is 2.15 bits per heavy atom. The summed E-state index contributed by atoms with van der Waals surface area (Å²) in [6.07, 6.45) is 2.18. The number of likely N-dealkylation sites (N-methyl/N-ethyl adjacent to an activating group) is 1. The Morgan fingerprint density at radius 3 is 2.70 bits per heavy atom. The second-order valence-electron chi connectivity index (χ2n) is 5.33. The van der Waals surface area contributed by atoms with E-state index >= 15 is 0 Å². The van der Waals surface area contributed by atoms with Crippen LogP contribution in [0.5, 0.6) is 11.5 Å². The number of nitrogens with zero attached hydrogens (tertiary/aromatic N) is 1. The van der Waals surface area contributed by atoms with Gasteiger partial charge >= 0.3 is 0 Å². The van der Waals surface area contributed by atoms with E-state index in [1.807, 2.05) is 32.0 Å². The molecule has 1 aromatic carbocycles. The largest absolute Gasteiger partial charge is 0.493 e. The maximum absolute atomic E-state index is 9.54. The molecule has 1 atom stereocenters. The van der Waals surface area contributed by atoms with Crippen molar-refractivity contribution in [2.24, 2.45) is 5.92 Å². The van der Waals surface area contributed by atoms with Crippen molar-refractivity contribution in [3.63, 3.8) is 0 Å². The normalized spacial score (nSPS) is 17.1. The number of aryl methyl sites for hydroxylation is 1. The summed E-state index contributed by atoms with van der Waals surface area (Å²) in [6.45, 7) is 5.13. The summed E-state index contributed by atoms with van der Waals surface area (Å²) in [4.78, 5) is 0. The van der Waals surface area contributed by atoms with Crippen molar-refractivity contribution in [3.05, 3.63) is 23.8 Å². The lowest BCUT2D eigenvalue weighted by atomic mass is 9.96. The molecule has 4 heteroatoms. The molecule has 1 aromatic rings. The first-order valence-electron chi connectivity index (χ1n) is 7.09. The van der Waals surface area contributed by atoms with Crippen molar-refractivity contribution in [1.82, 2.24) is 5.32 Å². The van der Waals surface area contributed by atoms with Gasteiger partial charge in [-0.3, -0.25) is 5.32 Å². The average molecular weight is 274 g/mol. The highest BCUT2D eigenvalue weighted by molar-refractivity contribution is 5.42. The molecule has 0 aliphatic heterocycles. The highest BCUT2D eigenvalue weighted by atomic mass is 16.5. The summed E-state index contributed by atoms with van der Waals surface area (Å²) in [5.74, 6) is 1.80. The second-order valence-corrected chi connectivity index (χ2v) is 5.33. The van der Waals surface area contributed by atoms with Gasteiger partial charge in [0.2, 0.25) is 0 Å². The molecule has 1 fully saturated rings. The van der Waals surface area contributed by atoms with Gasteiger partial charge in [0.05, 0.1) is 13.2 Å². The van der Waals surface area contributed by atoms with Crippen LogP contribution in [0.25, 0.3) is 0 Å². The van der Waals surface area contributed by atoms with E-state index in [2.05, 4.69) is 11.4 Å². The molecule has 0 heterocycles. The van der Waals surface area contributed by atoms with E-state index in [0.29, 0.717) is 24.0 Å². The van der Waals surface area contributed by atoms with Gasteiger partial charge in [-0.25, -0.2) is 0 Å². The van der Waals surface area contributed by atoms with Gasteiger partial charge in [0.1, 0.15) is 12.1 Å². The summed E-state index contributed by atoms with van der Waals surface area (Å²) < 4.78 is 11.2. The molecule has 1 unspecified atom stereocenters. The molecule has 0 radical (unpaired) electrons. The van der Waals surface area contributed by atoms with Crippen LogP contribution < -0.4 is 14.8 Å². The fourth-order valence-electron chi connectivity index (χ4n) is 2.45. The predicted molar refractivity (Wildman–Crippen MR) is 78.0 cm³/mol. The van der Waals surface area contributed by atoms with E-state index < -0.39 is 5.54 Å². The van der Waals surface area contributed by atoms with Crippen molar-refractivity contribution in [3.8, 4) is 17.6 Å². The fraction of sp³-hybridized carbons (Fsp3) is 0.562. The summed E-state index contributed by atoms with van der Waals surface area (Å²) >= 11 is 0. The van der Waals surface area contributed by atoms with Crippen molar-refractivity contribution < 1.29 is 9.47 Å². The van der Waals surface area contributed by atoms with E-state index in [9.17, 15) is 5.26 Å². The molecule has 1 aliphatic carbocycles. The van der Waals surface area contributed by atoms with Gasteiger partial charge in [-0.05, 0) is 49.9 Å². The molecule has 0 bridgehead atoms. The molecular weight excluding hydrogens is 252 g/mol. The third-order valence-corrected chi connectivity index (χ3v) is 3.74. The predicted octanol–water partition coefficient (Wildman–Crippen LogP) is 2.66. The van der Waals surface area contributed by atoms with Gasteiger partial charge in [-0.2, -0.15) is 5.26 Å². The van der Waals surface area contributed by atoms with Crippen LogP contribution in [0.15, 0.2) is 18.2 Å². The Labute approximate surface area is 120 Å². The molecule has 0 amide bonds. The van der Waals surface area contributed by atoms with Crippen LogP contribution in [0.1, 0.15) is 25.3 Å². The van der Waals surface area contributed by atoms with Crippen molar-refractivity contribution in [1.29, 1.82) is 5.26 Å². The minimum Gasteiger partial charge on any atom is -0.493 e. The van der Waals surface area contributed by atoms with Crippen molar-refractivity contribution in [2.75, 3.05) is 20.3 Å². The number of benzene rings is 1. The highest BCUT2D eigenvalue weighted by Crippen LogP contribution is 2.40. The zero-order chi connectivity index (χ0) is 14.6. The van der Waals surface area contributed by atoms with Crippen LogP contribution in [-0.4, -0.2) is 25.8 Å². The molecule has 108 valence electrons. The third kappa shape index (κ3) is 3.05. The standard InChI is InChI=1S/C16H22N2O2/c1-4-18-16(10-17,13-6-7-13)11-20-14-8-5-12(2)9-15(14)19-3/h5,8-9,13,18H,4,6-7,11H2,1-3H3. The summed E-state index contributed by atoms with van der Waals surface area (Å²) in [6, 6.07) is 8.24. The van der Waals surface area contributed by atoms with E-state index in [4.69, 9.17) is 9.47 Å². The van der Waals surface area contributed by atoms with Crippen molar-refractivity contribution in [2.45, 2.75) is 32.2 Å².